The zero-order valence-corrected chi connectivity index (χ0v) is 11.4. The molecule has 1 aliphatic rings. The van der Waals surface area contributed by atoms with E-state index in [0.29, 0.717) is 12.8 Å². The molecule has 100 valence electrons. The molecule has 1 saturated heterocycles. The molecule has 1 aliphatic heterocycles. The Morgan fingerprint density at radius 2 is 2.00 bits per heavy atom. The SMILES string of the molecule is C#CC(CCC)N1C(=O)C(CC)NC(=O)C1CC. The van der Waals surface area contributed by atoms with Crippen LogP contribution in [0.1, 0.15) is 46.5 Å². The summed E-state index contributed by atoms with van der Waals surface area (Å²) in [5.41, 5.74) is 0. The van der Waals surface area contributed by atoms with Crippen molar-refractivity contribution in [3.8, 4) is 12.3 Å². The van der Waals surface area contributed by atoms with E-state index in [-0.39, 0.29) is 17.9 Å². The lowest BCUT2D eigenvalue weighted by atomic mass is 9.99. The van der Waals surface area contributed by atoms with Crippen molar-refractivity contribution in [2.45, 2.75) is 64.6 Å². The second-order valence-electron chi connectivity index (χ2n) is 4.61. The van der Waals surface area contributed by atoms with Crippen LogP contribution in [0.4, 0.5) is 0 Å². The van der Waals surface area contributed by atoms with E-state index in [1.807, 2.05) is 20.8 Å². The fourth-order valence-corrected chi connectivity index (χ4v) is 2.40. The number of amides is 2. The summed E-state index contributed by atoms with van der Waals surface area (Å²) < 4.78 is 0. The van der Waals surface area contributed by atoms with Gasteiger partial charge < -0.3 is 10.2 Å². The maximum Gasteiger partial charge on any atom is 0.246 e. The average Bonchev–Trinajstić information content (AvgIpc) is 2.38. The molecule has 1 fully saturated rings. The van der Waals surface area contributed by atoms with Crippen LogP contribution in [0, 0.1) is 12.3 Å². The highest BCUT2D eigenvalue weighted by Crippen LogP contribution is 2.20. The number of nitrogens with one attached hydrogen (secondary N) is 1. The maximum absolute atomic E-state index is 12.4. The van der Waals surface area contributed by atoms with Crippen LogP contribution in [-0.4, -0.2) is 34.8 Å². The van der Waals surface area contributed by atoms with Gasteiger partial charge in [0.05, 0.1) is 6.04 Å². The molecular weight excluding hydrogens is 228 g/mol. The minimum Gasteiger partial charge on any atom is -0.343 e. The Balaban J connectivity index is 3.03. The summed E-state index contributed by atoms with van der Waals surface area (Å²) in [6, 6.07) is -1.12. The van der Waals surface area contributed by atoms with E-state index in [9.17, 15) is 9.59 Å². The second-order valence-corrected chi connectivity index (χ2v) is 4.61. The molecule has 0 spiro atoms. The largest absolute Gasteiger partial charge is 0.343 e. The minimum atomic E-state index is -0.423. The second kappa shape index (κ2) is 6.44. The Morgan fingerprint density at radius 1 is 1.33 bits per heavy atom. The summed E-state index contributed by atoms with van der Waals surface area (Å²) in [4.78, 5) is 26.0. The molecule has 0 aromatic heterocycles. The average molecular weight is 250 g/mol. The molecule has 0 aromatic rings. The van der Waals surface area contributed by atoms with Gasteiger partial charge in [-0.25, -0.2) is 0 Å². The lowest BCUT2D eigenvalue weighted by Crippen LogP contribution is -2.65. The zero-order valence-electron chi connectivity index (χ0n) is 11.4. The van der Waals surface area contributed by atoms with Crippen LogP contribution in [0.15, 0.2) is 0 Å². The van der Waals surface area contributed by atoms with E-state index < -0.39 is 12.1 Å². The van der Waals surface area contributed by atoms with Crippen LogP contribution in [0.2, 0.25) is 0 Å². The monoisotopic (exact) mass is 250 g/mol. The van der Waals surface area contributed by atoms with Gasteiger partial charge in [0.15, 0.2) is 0 Å². The number of terminal acetylenes is 1. The van der Waals surface area contributed by atoms with E-state index in [4.69, 9.17) is 6.42 Å². The standard InChI is InChI=1S/C14H22N2O2/c1-5-9-10(6-2)16-12(8-4)13(17)15-11(7-3)14(16)18/h2,10-12H,5,7-9H2,1,3-4H3,(H,15,17). The van der Waals surface area contributed by atoms with Crippen molar-refractivity contribution in [1.82, 2.24) is 10.2 Å². The highest BCUT2D eigenvalue weighted by molar-refractivity contribution is 5.97. The Bertz CT molecular complexity index is 359. The third-order valence-electron chi connectivity index (χ3n) is 3.39. The Kier molecular flexibility index (Phi) is 5.21. The van der Waals surface area contributed by atoms with Crippen LogP contribution in [0.5, 0.6) is 0 Å². The smallest absolute Gasteiger partial charge is 0.246 e. The summed E-state index contributed by atoms with van der Waals surface area (Å²) in [6.07, 6.45) is 8.35. The van der Waals surface area contributed by atoms with Gasteiger partial charge >= 0.3 is 0 Å². The first kappa shape index (κ1) is 14.6. The predicted octanol–water partition coefficient (Wildman–Crippen LogP) is 1.30. The number of carbonyl (C=O) groups excluding carboxylic acids is 2. The first-order valence-electron chi connectivity index (χ1n) is 6.69. The number of rotatable bonds is 5. The summed E-state index contributed by atoms with van der Waals surface area (Å²) in [7, 11) is 0. The molecule has 0 aromatic carbocycles. The van der Waals surface area contributed by atoms with E-state index in [2.05, 4.69) is 11.2 Å². The summed E-state index contributed by atoms with van der Waals surface area (Å²) >= 11 is 0. The first-order valence-corrected chi connectivity index (χ1v) is 6.69. The third-order valence-corrected chi connectivity index (χ3v) is 3.39. The molecule has 0 saturated carbocycles. The van der Waals surface area contributed by atoms with Gasteiger partial charge in [-0.15, -0.1) is 6.42 Å². The third kappa shape index (κ3) is 2.66. The van der Waals surface area contributed by atoms with Crippen molar-refractivity contribution in [2.24, 2.45) is 0 Å². The quantitative estimate of drug-likeness (QED) is 0.748. The highest BCUT2D eigenvalue weighted by Gasteiger charge is 2.41. The molecule has 2 amide bonds. The number of nitrogens with zero attached hydrogens (tertiary/aromatic N) is 1. The van der Waals surface area contributed by atoms with Gasteiger partial charge in [0.1, 0.15) is 12.1 Å². The molecular formula is C14H22N2O2. The summed E-state index contributed by atoms with van der Waals surface area (Å²) in [6.45, 7) is 5.81. The molecule has 3 atom stereocenters. The Labute approximate surface area is 109 Å². The summed E-state index contributed by atoms with van der Waals surface area (Å²) in [5, 5.41) is 2.77. The van der Waals surface area contributed by atoms with Gasteiger partial charge in [-0.2, -0.15) is 0 Å². The number of piperazine rings is 1. The molecule has 1 N–H and O–H groups in total. The lowest BCUT2D eigenvalue weighted by molar-refractivity contribution is -0.151. The first-order chi connectivity index (χ1) is 8.60. The molecule has 0 radical (unpaired) electrons. The minimum absolute atomic E-state index is 0.0413. The van der Waals surface area contributed by atoms with Gasteiger partial charge in [-0.1, -0.05) is 33.1 Å². The van der Waals surface area contributed by atoms with Gasteiger partial charge in [0.25, 0.3) is 0 Å². The lowest BCUT2D eigenvalue weighted by Gasteiger charge is -2.41. The van der Waals surface area contributed by atoms with Crippen LogP contribution in [0.3, 0.4) is 0 Å². The van der Waals surface area contributed by atoms with Gasteiger partial charge in [-0.3, -0.25) is 9.59 Å². The molecule has 1 heterocycles. The van der Waals surface area contributed by atoms with E-state index in [0.717, 1.165) is 12.8 Å². The van der Waals surface area contributed by atoms with Gasteiger partial charge in [0.2, 0.25) is 11.8 Å². The number of carbonyl (C=O) groups is 2. The predicted molar refractivity (Wildman–Crippen MR) is 70.7 cm³/mol. The van der Waals surface area contributed by atoms with Crippen LogP contribution in [0.25, 0.3) is 0 Å². The van der Waals surface area contributed by atoms with Gasteiger partial charge in [0, 0.05) is 0 Å². The Morgan fingerprint density at radius 3 is 2.44 bits per heavy atom. The molecule has 0 aliphatic carbocycles. The van der Waals surface area contributed by atoms with Crippen molar-refractivity contribution in [3.05, 3.63) is 0 Å². The van der Waals surface area contributed by atoms with Crippen molar-refractivity contribution in [3.63, 3.8) is 0 Å². The molecule has 1 rings (SSSR count). The van der Waals surface area contributed by atoms with Gasteiger partial charge in [-0.05, 0) is 19.3 Å². The van der Waals surface area contributed by atoms with Crippen molar-refractivity contribution in [1.29, 1.82) is 0 Å². The zero-order chi connectivity index (χ0) is 13.7. The topological polar surface area (TPSA) is 49.4 Å². The van der Waals surface area contributed by atoms with Crippen LogP contribution in [-0.2, 0) is 9.59 Å². The van der Waals surface area contributed by atoms with E-state index in [1.54, 1.807) is 4.90 Å². The molecule has 4 nitrogen and oxygen atoms in total. The van der Waals surface area contributed by atoms with Crippen molar-refractivity contribution in [2.75, 3.05) is 0 Å². The van der Waals surface area contributed by atoms with Crippen LogP contribution >= 0.6 is 0 Å². The highest BCUT2D eigenvalue weighted by atomic mass is 16.2. The summed E-state index contributed by atoms with van der Waals surface area (Å²) in [5.74, 6) is 2.53. The number of hydrogen-bond acceptors (Lipinski definition) is 2. The van der Waals surface area contributed by atoms with Crippen molar-refractivity contribution < 1.29 is 9.59 Å². The van der Waals surface area contributed by atoms with E-state index >= 15 is 0 Å². The normalized spacial score (nSPS) is 25.6. The fourth-order valence-electron chi connectivity index (χ4n) is 2.40. The maximum atomic E-state index is 12.4. The van der Waals surface area contributed by atoms with Crippen LogP contribution < -0.4 is 5.32 Å². The van der Waals surface area contributed by atoms with E-state index in [1.165, 1.54) is 0 Å². The molecule has 18 heavy (non-hydrogen) atoms. The van der Waals surface area contributed by atoms with Crippen molar-refractivity contribution >= 4 is 11.8 Å². The molecule has 0 bridgehead atoms. The number of hydrogen-bond donors (Lipinski definition) is 1. The fraction of sp³-hybridized carbons (Fsp3) is 0.714. The molecule has 4 heteroatoms. The molecule has 3 unspecified atom stereocenters. The Hall–Kier alpha value is -1.50.